The molecule has 4 nitrogen and oxygen atoms in total. The van der Waals surface area contributed by atoms with Gasteiger partial charge in [0.05, 0.1) is 5.92 Å². The zero-order valence-corrected chi connectivity index (χ0v) is 14.3. The molecule has 4 heteroatoms. The Hall–Kier alpha value is -2.62. The molecule has 1 saturated heterocycles. The molecule has 2 aromatic rings. The zero-order chi connectivity index (χ0) is 17.3. The van der Waals surface area contributed by atoms with Crippen LogP contribution in [-0.2, 0) is 9.59 Å². The Morgan fingerprint density at radius 1 is 1.00 bits per heavy atom. The molecule has 2 amide bonds. The van der Waals surface area contributed by atoms with Gasteiger partial charge in [-0.15, -0.1) is 0 Å². The van der Waals surface area contributed by atoms with Gasteiger partial charge in [-0.1, -0.05) is 23.8 Å². The molecule has 24 heavy (non-hydrogen) atoms. The summed E-state index contributed by atoms with van der Waals surface area (Å²) in [6, 6.07) is 13.7. The molecule has 0 saturated carbocycles. The maximum Gasteiger partial charge on any atom is 0.229 e. The van der Waals surface area contributed by atoms with Gasteiger partial charge in [0, 0.05) is 24.3 Å². The van der Waals surface area contributed by atoms with Gasteiger partial charge in [-0.2, -0.15) is 0 Å². The minimum atomic E-state index is -0.320. The van der Waals surface area contributed by atoms with Crippen molar-refractivity contribution in [2.45, 2.75) is 27.2 Å². The van der Waals surface area contributed by atoms with Crippen molar-refractivity contribution < 1.29 is 9.59 Å². The number of nitrogens with one attached hydrogen (secondary N) is 1. The first-order chi connectivity index (χ1) is 11.4. The molecule has 0 spiro atoms. The standard InChI is InChI=1S/C20H22N2O2/c1-13-4-6-17(7-5-13)21-20(24)16-11-19(23)22(12-16)18-9-14(2)8-15(3)10-18/h4-10,16H,11-12H2,1-3H3,(H,21,24). The molecular weight excluding hydrogens is 300 g/mol. The van der Waals surface area contributed by atoms with E-state index in [1.54, 1.807) is 4.90 Å². The Bertz CT molecular complexity index is 760. The molecule has 124 valence electrons. The lowest BCUT2D eigenvalue weighted by atomic mass is 10.1. The highest BCUT2D eigenvalue weighted by atomic mass is 16.2. The van der Waals surface area contributed by atoms with Gasteiger partial charge in [0.15, 0.2) is 0 Å². The maximum absolute atomic E-state index is 12.5. The molecule has 0 aromatic heterocycles. The normalized spacial score (nSPS) is 17.2. The highest BCUT2D eigenvalue weighted by Gasteiger charge is 2.35. The highest BCUT2D eigenvalue weighted by Crippen LogP contribution is 2.27. The Labute approximate surface area is 142 Å². The third-order valence-electron chi connectivity index (χ3n) is 4.33. The van der Waals surface area contributed by atoms with Crippen molar-refractivity contribution in [3.8, 4) is 0 Å². The first-order valence-electron chi connectivity index (χ1n) is 8.18. The quantitative estimate of drug-likeness (QED) is 0.938. The largest absolute Gasteiger partial charge is 0.326 e. The van der Waals surface area contributed by atoms with Crippen molar-refractivity contribution >= 4 is 23.2 Å². The van der Waals surface area contributed by atoms with Crippen LogP contribution in [0.15, 0.2) is 42.5 Å². The molecule has 1 unspecified atom stereocenters. The second kappa shape index (κ2) is 6.48. The fraction of sp³-hybridized carbons (Fsp3) is 0.300. The summed E-state index contributed by atoms with van der Waals surface area (Å²) in [5.41, 5.74) is 5.02. The fourth-order valence-electron chi connectivity index (χ4n) is 3.12. The van der Waals surface area contributed by atoms with Crippen molar-refractivity contribution in [1.82, 2.24) is 0 Å². The number of hydrogen-bond acceptors (Lipinski definition) is 2. The second-order valence-electron chi connectivity index (χ2n) is 6.61. The van der Waals surface area contributed by atoms with Crippen LogP contribution in [0.4, 0.5) is 11.4 Å². The molecule has 3 rings (SSSR count). The summed E-state index contributed by atoms with van der Waals surface area (Å²) in [4.78, 5) is 26.5. The molecule has 0 radical (unpaired) electrons. The van der Waals surface area contributed by atoms with E-state index in [0.29, 0.717) is 6.54 Å². The SMILES string of the molecule is Cc1ccc(NC(=O)C2CC(=O)N(c3cc(C)cc(C)c3)C2)cc1. The number of amides is 2. The maximum atomic E-state index is 12.5. The minimum Gasteiger partial charge on any atom is -0.326 e. The summed E-state index contributed by atoms with van der Waals surface area (Å²) in [6.45, 7) is 6.46. The number of carbonyl (C=O) groups excluding carboxylic acids is 2. The number of carbonyl (C=O) groups is 2. The van der Waals surface area contributed by atoms with Crippen molar-refractivity contribution in [1.29, 1.82) is 0 Å². The fourth-order valence-corrected chi connectivity index (χ4v) is 3.12. The predicted octanol–water partition coefficient (Wildman–Crippen LogP) is 3.60. The summed E-state index contributed by atoms with van der Waals surface area (Å²) in [5, 5.41) is 2.91. The van der Waals surface area contributed by atoms with Gasteiger partial charge in [0.1, 0.15) is 0 Å². The van der Waals surface area contributed by atoms with E-state index in [4.69, 9.17) is 0 Å². The van der Waals surface area contributed by atoms with Gasteiger partial charge >= 0.3 is 0 Å². The molecule has 1 heterocycles. The lowest BCUT2D eigenvalue weighted by Crippen LogP contribution is -2.28. The van der Waals surface area contributed by atoms with Gasteiger partial charge in [0.25, 0.3) is 0 Å². The van der Waals surface area contributed by atoms with Crippen molar-refractivity contribution in [2.24, 2.45) is 5.92 Å². The van der Waals surface area contributed by atoms with E-state index < -0.39 is 0 Å². The average molecular weight is 322 g/mol. The van der Waals surface area contributed by atoms with Gasteiger partial charge in [0.2, 0.25) is 11.8 Å². The van der Waals surface area contributed by atoms with E-state index in [-0.39, 0.29) is 24.2 Å². The number of nitrogens with zero attached hydrogens (tertiary/aromatic N) is 1. The molecule has 1 aliphatic rings. The Kier molecular flexibility index (Phi) is 4.38. The van der Waals surface area contributed by atoms with E-state index in [1.165, 1.54) is 0 Å². The summed E-state index contributed by atoms with van der Waals surface area (Å²) >= 11 is 0. The number of rotatable bonds is 3. The Morgan fingerprint density at radius 2 is 1.62 bits per heavy atom. The molecule has 1 aliphatic heterocycles. The highest BCUT2D eigenvalue weighted by molar-refractivity contribution is 6.03. The lowest BCUT2D eigenvalue weighted by Gasteiger charge is -2.18. The molecule has 1 atom stereocenters. The van der Waals surface area contributed by atoms with E-state index in [1.807, 2.05) is 57.2 Å². The molecule has 0 bridgehead atoms. The van der Waals surface area contributed by atoms with Crippen LogP contribution in [0.5, 0.6) is 0 Å². The van der Waals surface area contributed by atoms with E-state index in [2.05, 4.69) is 11.4 Å². The Balaban J connectivity index is 1.71. The van der Waals surface area contributed by atoms with Crippen LogP contribution in [-0.4, -0.2) is 18.4 Å². The van der Waals surface area contributed by atoms with Crippen molar-refractivity contribution in [2.75, 3.05) is 16.8 Å². The lowest BCUT2D eigenvalue weighted by molar-refractivity contribution is -0.122. The van der Waals surface area contributed by atoms with Crippen molar-refractivity contribution in [3.05, 3.63) is 59.2 Å². The van der Waals surface area contributed by atoms with E-state index in [0.717, 1.165) is 28.1 Å². The Morgan fingerprint density at radius 3 is 2.25 bits per heavy atom. The third kappa shape index (κ3) is 3.48. The topological polar surface area (TPSA) is 49.4 Å². The van der Waals surface area contributed by atoms with Crippen LogP contribution in [0.2, 0.25) is 0 Å². The molecular formula is C20H22N2O2. The smallest absolute Gasteiger partial charge is 0.229 e. The van der Waals surface area contributed by atoms with Crippen LogP contribution in [0.3, 0.4) is 0 Å². The first kappa shape index (κ1) is 16.2. The number of benzene rings is 2. The number of anilines is 2. The van der Waals surface area contributed by atoms with Crippen molar-refractivity contribution in [3.63, 3.8) is 0 Å². The zero-order valence-electron chi connectivity index (χ0n) is 14.3. The van der Waals surface area contributed by atoms with Crippen LogP contribution in [0.25, 0.3) is 0 Å². The van der Waals surface area contributed by atoms with E-state index in [9.17, 15) is 9.59 Å². The van der Waals surface area contributed by atoms with Gasteiger partial charge < -0.3 is 10.2 Å². The summed E-state index contributed by atoms with van der Waals surface area (Å²) in [5.74, 6) is -0.414. The van der Waals surface area contributed by atoms with E-state index >= 15 is 0 Å². The monoisotopic (exact) mass is 322 g/mol. The van der Waals surface area contributed by atoms with Gasteiger partial charge in [-0.25, -0.2) is 0 Å². The summed E-state index contributed by atoms with van der Waals surface area (Å²) in [6.07, 6.45) is 0.255. The average Bonchev–Trinajstić information content (AvgIpc) is 2.91. The minimum absolute atomic E-state index is 0.00376. The number of hydrogen-bond donors (Lipinski definition) is 1. The summed E-state index contributed by atoms with van der Waals surface area (Å²) in [7, 11) is 0. The second-order valence-corrected chi connectivity index (χ2v) is 6.61. The summed E-state index contributed by atoms with van der Waals surface area (Å²) < 4.78 is 0. The molecule has 0 aliphatic carbocycles. The van der Waals surface area contributed by atoms with Gasteiger partial charge in [-0.05, 0) is 56.2 Å². The molecule has 1 fully saturated rings. The number of aryl methyl sites for hydroxylation is 3. The van der Waals surface area contributed by atoms with Crippen LogP contribution >= 0.6 is 0 Å². The van der Waals surface area contributed by atoms with Crippen LogP contribution < -0.4 is 10.2 Å². The van der Waals surface area contributed by atoms with Crippen LogP contribution in [0.1, 0.15) is 23.1 Å². The first-order valence-corrected chi connectivity index (χ1v) is 8.18. The van der Waals surface area contributed by atoms with Gasteiger partial charge in [-0.3, -0.25) is 9.59 Å². The third-order valence-corrected chi connectivity index (χ3v) is 4.33. The molecule has 2 aromatic carbocycles. The predicted molar refractivity (Wildman–Crippen MR) is 96.2 cm³/mol. The molecule has 1 N–H and O–H groups in total. The van der Waals surface area contributed by atoms with Crippen LogP contribution in [0, 0.1) is 26.7 Å².